The lowest BCUT2D eigenvalue weighted by Gasteiger charge is -2.25. The molecule has 0 aliphatic carbocycles. The molecule has 8 heteroatoms. The monoisotopic (exact) mass is 290 g/mol. The van der Waals surface area contributed by atoms with Crippen LogP contribution in [0.4, 0.5) is 17.6 Å². The summed E-state index contributed by atoms with van der Waals surface area (Å²) in [6.45, 7) is 1.44. The standard InChI is InChI=1S/C12H6F4O4/c1-2-19-12-4(3-17)10(18)5-6(13)7(14)8(15)9(16)11(5)20-12/h12H,2H2,1H3. The van der Waals surface area contributed by atoms with E-state index in [4.69, 9.17) is 9.47 Å². The first-order chi connectivity index (χ1) is 9.43. The van der Waals surface area contributed by atoms with Gasteiger partial charge in [-0.25, -0.2) is 18.0 Å². The molecule has 106 valence electrons. The van der Waals surface area contributed by atoms with Crippen molar-refractivity contribution in [2.24, 2.45) is 0 Å². The average molecular weight is 290 g/mol. The molecule has 1 heterocycles. The van der Waals surface area contributed by atoms with Gasteiger partial charge in [-0.05, 0) is 6.92 Å². The highest BCUT2D eigenvalue weighted by atomic mass is 19.2. The summed E-state index contributed by atoms with van der Waals surface area (Å²) in [6, 6.07) is 0. The number of carbonyl (C=O) groups is 1. The van der Waals surface area contributed by atoms with E-state index in [2.05, 4.69) is 0 Å². The second kappa shape index (κ2) is 5.07. The van der Waals surface area contributed by atoms with Gasteiger partial charge in [-0.2, -0.15) is 4.39 Å². The second-order valence-electron chi connectivity index (χ2n) is 3.71. The minimum Gasteiger partial charge on any atom is -0.456 e. The van der Waals surface area contributed by atoms with Crippen molar-refractivity contribution >= 4 is 11.7 Å². The molecule has 1 aliphatic rings. The smallest absolute Gasteiger partial charge is 0.241 e. The fourth-order valence-corrected chi connectivity index (χ4v) is 1.70. The van der Waals surface area contributed by atoms with Crippen LogP contribution in [0.1, 0.15) is 17.3 Å². The highest BCUT2D eigenvalue weighted by Crippen LogP contribution is 2.37. The number of Topliss-reactive ketones (excluding diaryl/α,β-unsaturated/α-hetero) is 1. The zero-order valence-electron chi connectivity index (χ0n) is 9.93. The van der Waals surface area contributed by atoms with Crippen molar-refractivity contribution in [1.29, 1.82) is 0 Å². The lowest BCUT2D eigenvalue weighted by molar-refractivity contribution is -0.0527. The maximum absolute atomic E-state index is 13.5. The van der Waals surface area contributed by atoms with Crippen LogP contribution in [-0.4, -0.2) is 24.6 Å². The summed E-state index contributed by atoms with van der Waals surface area (Å²) in [5, 5.41) is 0. The van der Waals surface area contributed by atoms with E-state index in [-0.39, 0.29) is 6.61 Å². The minimum atomic E-state index is -2.17. The maximum atomic E-state index is 13.5. The maximum Gasteiger partial charge on any atom is 0.241 e. The predicted molar refractivity (Wildman–Crippen MR) is 55.9 cm³/mol. The molecule has 4 nitrogen and oxygen atoms in total. The molecule has 1 aromatic rings. The van der Waals surface area contributed by atoms with Gasteiger partial charge in [0.2, 0.25) is 23.7 Å². The molecule has 0 saturated heterocycles. The van der Waals surface area contributed by atoms with Crippen molar-refractivity contribution in [2.75, 3.05) is 6.61 Å². The van der Waals surface area contributed by atoms with Crippen LogP contribution in [0.15, 0.2) is 5.57 Å². The Morgan fingerprint density at radius 3 is 2.30 bits per heavy atom. The van der Waals surface area contributed by atoms with Crippen LogP contribution in [0, 0.1) is 23.3 Å². The average Bonchev–Trinajstić information content (AvgIpc) is 2.43. The first kappa shape index (κ1) is 14.2. The Balaban J connectivity index is 2.72. The van der Waals surface area contributed by atoms with Crippen molar-refractivity contribution in [3.63, 3.8) is 0 Å². The molecule has 0 radical (unpaired) electrons. The molecule has 1 atom stereocenters. The van der Waals surface area contributed by atoms with E-state index in [1.165, 1.54) is 12.9 Å². The SMILES string of the molecule is CCOC1Oc2c(F)c(F)c(F)c(F)c2C(=O)C1=C=O. The van der Waals surface area contributed by atoms with E-state index in [1.54, 1.807) is 0 Å². The van der Waals surface area contributed by atoms with Gasteiger partial charge in [-0.1, -0.05) is 0 Å². The summed E-state index contributed by atoms with van der Waals surface area (Å²) in [5.41, 5.74) is -1.99. The molecule has 20 heavy (non-hydrogen) atoms. The number of carbonyl (C=O) groups excluding carboxylic acids is 2. The summed E-state index contributed by atoms with van der Waals surface area (Å²) < 4.78 is 62.8. The fraction of sp³-hybridized carbons (Fsp3) is 0.250. The highest BCUT2D eigenvalue weighted by Gasteiger charge is 2.41. The van der Waals surface area contributed by atoms with Gasteiger partial charge in [-0.15, -0.1) is 0 Å². The molecule has 1 aromatic carbocycles. The Labute approximate surface area is 109 Å². The largest absolute Gasteiger partial charge is 0.456 e. The molecule has 0 N–H and O–H groups in total. The number of fused-ring (bicyclic) bond motifs is 1. The summed E-state index contributed by atoms with van der Waals surface area (Å²) >= 11 is 0. The molecule has 1 aliphatic heterocycles. The lowest BCUT2D eigenvalue weighted by Crippen LogP contribution is -2.35. The van der Waals surface area contributed by atoms with Gasteiger partial charge in [-0.3, -0.25) is 4.79 Å². The zero-order valence-corrected chi connectivity index (χ0v) is 9.93. The van der Waals surface area contributed by atoms with E-state index in [0.29, 0.717) is 0 Å². The Morgan fingerprint density at radius 2 is 1.75 bits per heavy atom. The Bertz CT molecular complexity index is 650. The van der Waals surface area contributed by atoms with Crippen LogP contribution in [0.5, 0.6) is 5.75 Å². The van der Waals surface area contributed by atoms with Crippen LogP contribution in [0.2, 0.25) is 0 Å². The number of benzene rings is 1. The van der Waals surface area contributed by atoms with Crippen LogP contribution < -0.4 is 4.74 Å². The second-order valence-corrected chi connectivity index (χ2v) is 3.71. The molecule has 0 spiro atoms. The third-order valence-corrected chi connectivity index (χ3v) is 2.58. The minimum absolute atomic E-state index is 0.0355. The molecule has 1 unspecified atom stereocenters. The third-order valence-electron chi connectivity index (χ3n) is 2.58. The van der Waals surface area contributed by atoms with Crippen LogP contribution in [0.25, 0.3) is 0 Å². The number of hydrogen-bond donors (Lipinski definition) is 0. The Morgan fingerprint density at radius 1 is 1.15 bits per heavy atom. The molecular weight excluding hydrogens is 284 g/mol. The van der Waals surface area contributed by atoms with E-state index < -0.39 is 52.2 Å². The van der Waals surface area contributed by atoms with Crippen molar-refractivity contribution in [3.8, 4) is 5.75 Å². The summed E-state index contributed by atoms with van der Waals surface area (Å²) in [7, 11) is 0. The third kappa shape index (κ3) is 1.90. The van der Waals surface area contributed by atoms with Gasteiger partial charge in [0.1, 0.15) is 11.5 Å². The summed E-state index contributed by atoms with van der Waals surface area (Å²) in [6.07, 6.45) is -1.66. The van der Waals surface area contributed by atoms with Crippen LogP contribution in [-0.2, 0) is 9.53 Å². The zero-order chi connectivity index (χ0) is 15.0. The first-order valence-corrected chi connectivity index (χ1v) is 5.37. The number of ketones is 1. The molecule has 0 fully saturated rings. The Hall–Kier alpha value is -2.18. The van der Waals surface area contributed by atoms with E-state index in [0.717, 1.165) is 0 Å². The number of hydrogen-bond acceptors (Lipinski definition) is 4. The van der Waals surface area contributed by atoms with Crippen LogP contribution >= 0.6 is 0 Å². The molecular formula is C12H6F4O4. The first-order valence-electron chi connectivity index (χ1n) is 5.37. The Kier molecular flexibility index (Phi) is 3.61. The number of rotatable bonds is 2. The number of halogens is 4. The summed E-state index contributed by atoms with van der Waals surface area (Å²) in [5.74, 6) is -9.43. The highest BCUT2D eigenvalue weighted by molar-refractivity contribution is 6.16. The molecule has 0 bridgehead atoms. The van der Waals surface area contributed by atoms with Crippen molar-refractivity contribution in [3.05, 3.63) is 34.4 Å². The van der Waals surface area contributed by atoms with Crippen molar-refractivity contribution in [1.82, 2.24) is 0 Å². The molecule has 0 saturated carbocycles. The quantitative estimate of drug-likeness (QED) is 0.275. The van der Waals surface area contributed by atoms with Gasteiger partial charge in [0.15, 0.2) is 23.0 Å². The fourth-order valence-electron chi connectivity index (χ4n) is 1.70. The topological polar surface area (TPSA) is 52.6 Å². The predicted octanol–water partition coefficient (Wildman–Crippen LogP) is 1.94. The van der Waals surface area contributed by atoms with E-state index in [9.17, 15) is 27.2 Å². The van der Waals surface area contributed by atoms with Gasteiger partial charge in [0.25, 0.3) is 0 Å². The van der Waals surface area contributed by atoms with Gasteiger partial charge >= 0.3 is 0 Å². The van der Waals surface area contributed by atoms with Crippen LogP contribution in [0.3, 0.4) is 0 Å². The normalized spacial score (nSPS) is 17.6. The van der Waals surface area contributed by atoms with E-state index >= 15 is 0 Å². The molecule has 0 aromatic heterocycles. The lowest BCUT2D eigenvalue weighted by atomic mass is 9.99. The van der Waals surface area contributed by atoms with Gasteiger partial charge in [0, 0.05) is 6.61 Å². The van der Waals surface area contributed by atoms with Crippen molar-refractivity contribution in [2.45, 2.75) is 13.2 Å². The van der Waals surface area contributed by atoms with Crippen molar-refractivity contribution < 1.29 is 36.6 Å². The van der Waals surface area contributed by atoms with E-state index in [1.807, 2.05) is 0 Å². The molecule has 0 amide bonds. The van der Waals surface area contributed by atoms with Gasteiger partial charge < -0.3 is 9.47 Å². The number of ether oxygens (including phenoxy) is 2. The van der Waals surface area contributed by atoms with Gasteiger partial charge in [0.05, 0.1) is 0 Å². The molecule has 2 rings (SSSR count). The summed E-state index contributed by atoms with van der Waals surface area (Å²) in [4.78, 5) is 22.5.